The van der Waals surface area contributed by atoms with Crippen molar-refractivity contribution in [2.75, 3.05) is 18.0 Å². The zero-order valence-corrected chi connectivity index (χ0v) is 14.7. The average Bonchev–Trinajstić information content (AvgIpc) is 3.08. The van der Waals surface area contributed by atoms with Crippen LogP contribution in [0.15, 0.2) is 43.0 Å². The van der Waals surface area contributed by atoms with Gasteiger partial charge in [0.25, 0.3) is 0 Å². The molecule has 2 N–H and O–H groups in total. The van der Waals surface area contributed by atoms with Crippen molar-refractivity contribution in [1.29, 1.82) is 0 Å². The van der Waals surface area contributed by atoms with Gasteiger partial charge < -0.3 is 15.2 Å². The van der Waals surface area contributed by atoms with Gasteiger partial charge >= 0.3 is 6.18 Å². The molecule has 0 aliphatic carbocycles. The van der Waals surface area contributed by atoms with Crippen LogP contribution >= 0.6 is 0 Å². The lowest BCUT2D eigenvalue weighted by Crippen LogP contribution is -2.45. The summed E-state index contributed by atoms with van der Waals surface area (Å²) in [6.07, 6.45) is 1.82. The lowest BCUT2D eigenvalue weighted by molar-refractivity contribution is -0.128. The Hall–Kier alpha value is -2.77. The second-order valence-corrected chi connectivity index (χ2v) is 6.92. The molecule has 1 fully saturated rings. The normalized spacial score (nSPS) is 18.2. The maximum absolute atomic E-state index is 12.6. The summed E-state index contributed by atoms with van der Waals surface area (Å²) in [5, 5.41) is 4.97. The lowest BCUT2D eigenvalue weighted by Gasteiger charge is -2.36. The topological polar surface area (TPSA) is 56.8 Å². The number of nitrogens with one attached hydrogen (secondary N) is 2. The molecule has 4 rings (SSSR count). The van der Waals surface area contributed by atoms with Gasteiger partial charge in [-0.05, 0) is 25.0 Å². The van der Waals surface area contributed by atoms with E-state index in [1.54, 1.807) is 12.4 Å². The molecule has 0 saturated carbocycles. The number of rotatable bonds is 4. The van der Waals surface area contributed by atoms with Gasteiger partial charge in [0.1, 0.15) is 0 Å². The van der Waals surface area contributed by atoms with Crippen LogP contribution in [-0.4, -0.2) is 40.3 Å². The van der Waals surface area contributed by atoms with Crippen LogP contribution in [0.1, 0.15) is 19.3 Å². The number of pyridine rings is 2. The van der Waals surface area contributed by atoms with Crippen LogP contribution in [0.4, 0.5) is 18.9 Å². The first-order valence-electron chi connectivity index (χ1n) is 8.87. The molecule has 1 aliphatic rings. The van der Waals surface area contributed by atoms with Gasteiger partial charge in [-0.2, -0.15) is 13.2 Å². The van der Waals surface area contributed by atoms with E-state index in [1.165, 1.54) is 0 Å². The average molecular weight is 375 g/mol. The van der Waals surface area contributed by atoms with Gasteiger partial charge in [0, 0.05) is 53.7 Å². The van der Waals surface area contributed by atoms with Gasteiger partial charge in [-0.3, -0.25) is 0 Å². The molecule has 3 aromatic heterocycles. The van der Waals surface area contributed by atoms with Crippen molar-refractivity contribution in [3.05, 3.63) is 43.0 Å². The molecule has 1 atom stereocenters. The van der Waals surface area contributed by atoms with Crippen molar-refractivity contribution >= 4 is 27.6 Å². The van der Waals surface area contributed by atoms with Gasteiger partial charge in [0.15, 0.2) is 5.65 Å². The summed E-state index contributed by atoms with van der Waals surface area (Å²) in [5.41, 5.74) is 2.66. The quantitative estimate of drug-likeness (QED) is 0.720. The zero-order chi connectivity index (χ0) is 19.0. The Bertz CT molecular complexity index is 978. The number of alkyl halides is 3. The molecular weight excluding hydrogens is 355 g/mol. The molecule has 3 aromatic rings. The zero-order valence-electron chi connectivity index (χ0n) is 14.7. The molecule has 1 aliphatic heterocycles. The number of hydrogen-bond donors (Lipinski definition) is 2. The highest BCUT2D eigenvalue weighted by Crippen LogP contribution is 2.33. The van der Waals surface area contributed by atoms with E-state index in [0.29, 0.717) is 12.2 Å². The van der Waals surface area contributed by atoms with Crippen LogP contribution in [0, 0.1) is 0 Å². The molecule has 8 heteroatoms. The van der Waals surface area contributed by atoms with E-state index < -0.39 is 12.6 Å². The molecule has 27 heavy (non-hydrogen) atoms. The van der Waals surface area contributed by atoms with Crippen LogP contribution in [0.2, 0.25) is 0 Å². The van der Waals surface area contributed by atoms with Crippen molar-refractivity contribution in [2.24, 2.45) is 0 Å². The van der Waals surface area contributed by atoms with Crippen LogP contribution < -0.4 is 10.2 Å². The summed E-state index contributed by atoms with van der Waals surface area (Å²) < 4.78 is 37.7. The Morgan fingerprint density at radius 2 is 2.19 bits per heavy atom. The monoisotopic (exact) mass is 375 g/mol. The van der Waals surface area contributed by atoms with Crippen molar-refractivity contribution in [2.45, 2.75) is 31.5 Å². The van der Waals surface area contributed by atoms with Gasteiger partial charge in [-0.25, -0.2) is 9.97 Å². The second kappa shape index (κ2) is 6.75. The highest BCUT2D eigenvalue weighted by atomic mass is 19.4. The molecular formula is C19H20F3N5. The Morgan fingerprint density at radius 3 is 3.00 bits per heavy atom. The first-order chi connectivity index (χ1) is 12.9. The maximum atomic E-state index is 12.6. The van der Waals surface area contributed by atoms with Gasteiger partial charge in [0.2, 0.25) is 0 Å². The molecule has 0 aromatic carbocycles. The Morgan fingerprint density at radius 1 is 1.33 bits per heavy atom. The fourth-order valence-electron chi connectivity index (χ4n) is 3.80. The van der Waals surface area contributed by atoms with Crippen LogP contribution in [-0.2, 0) is 0 Å². The smallest absolute Gasteiger partial charge is 0.384 e. The molecule has 0 radical (unpaired) electrons. The van der Waals surface area contributed by atoms with E-state index in [2.05, 4.69) is 31.7 Å². The Balaban J connectivity index is 1.60. The SMILES string of the molecule is C=C(CC(F)(F)F)NC1CCCN(c2cc[nH]c3cnc4nccc4c23)C1. The minimum Gasteiger partial charge on any atom is -0.384 e. The fourth-order valence-corrected chi connectivity index (χ4v) is 3.80. The largest absolute Gasteiger partial charge is 0.394 e. The number of anilines is 1. The van der Waals surface area contributed by atoms with Crippen molar-refractivity contribution < 1.29 is 13.2 Å². The predicted octanol–water partition coefficient (Wildman–Crippen LogP) is 4.14. The third-order valence-electron chi connectivity index (χ3n) is 4.85. The molecule has 5 nitrogen and oxygen atoms in total. The number of aromatic amines is 1. The third-order valence-corrected chi connectivity index (χ3v) is 4.85. The van der Waals surface area contributed by atoms with Crippen molar-refractivity contribution in [3.8, 4) is 0 Å². The minimum atomic E-state index is -4.24. The lowest BCUT2D eigenvalue weighted by atomic mass is 10.0. The number of nitrogens with zero attached hydrogens (tertiary/aromatic N) is 3. The molecule has 0 bridgehead atoms. The summed E-state index contributed by atoms with van der Waals surface area (Å²) >= 11 is 0. The number of hydrogen-bond acceptors (Lipinski definition) is 4. The standard InChI is InChI=1S/C19H20F3N5/c1-12(9-19(20,21)22)26-13-3-2-8-27(11-13)16-5-7-23-15-10-25-18-14(17(15)16)4-6-24-18/h4-7,10,13,23,26H,1-3,8-9,11H2. The van der Waals surface area contributed by atoms with E-state index in [9.17, 15) is 13.2 Å². The van der Waals surface area contributed by atoms with E-state index >= 15 is 0 Å². The van der Waals surface area contributed by atoms with Gasteiger partial charge in [-0.1, -0.05) is 6.58 Å². The number of H-pyrrole nitrogens is 1. The highest BCUT2D eigenvalue weighted by Gasteiger charge is 2.30. The highest BCUT2D eigenvalue weighted by molar-refractivity contribution is 6.09. The Labute approximate surface area is 154 Å². The number of piperidine rings is 1. The van der Waals surface area contributed by atoms with E-state index in [4.69, 9.17) is 0 Å². The number of halogens is 3. The maximum Gasteiger partial charge on any atom is 0.394 e. The van der Waals surface area contributed by atoms with E-state index in [1.807, 2.05) is 18.3 Å². The van der Waals surface area contributed by atoms with E-state index in [-0.39, 0.29) is 11.7 Å². The summed E-state index contributed by atoms with van der Waals surface area (Å²) in [6, 6.07) is 3.87. The summed E-state index contributed by atoms with van der Waals surface area (Å²) in [6.45, 7) is 5.01. The molecule has 1 unspecified atom stereocenters. The fraction of sp³-hybridized carbons (Fsp3) is 0.368. The minimum absolute atomic E-state index is 0.0208. The van der Waals surface area contributed by atoms with Crippen LogP contribution in [0.3, 0.4) is 0 Å². The van der Waals surface area contributed by atoms with Gasteiger partial charge in [0.05, 0.1) is 18.1 Å². The third kappa shape index (κ3) is 3.70. The molecule has 142 valence electrons. The molecule has 0 amide bonds. The molecule has 4 heterocycles. The summed E-state index contributed by atoms with van der Waals surface area (Å²) in [5.74, 6) is 0. The van der Waals surface area contributed by atoms with Crippen molar-refractivity contribution in [1.82, 2.24) is 20.3 Å². The first-order valence-corrected chi connectivity index (χ1v) is 8.87. The Kier molecular flexibility index (Phi) is 4.41. The number of fused-ring (bicyclic) bond motifs is 3. The van der Waals surface area contributed by atoms with Crippen LogP contribution in [0.25, 0.3) is 21.9 Å². The first kappa shape index (κ1) is 17.6. The molecule has 0 spiro atoms. The summed E-state index contributed by atoms with van der Waals surface area (Å²) in [4.78, 5) is 14.0. The second-order valence-electron chi connectivity index (χ2n) is 6.92. The van der Waals surface area contributed by atoms with E-state index in [0.717, 1.165) is 41.4 Å². The van der Waals surface area contributed by atoms with Gasteiger partial charge in [-0.15, -0.1) is 0 Å². The van der Waals surface area contributed by atoms with Crippen LogP contribution in [0.5, 0.6) is 0 Å². The number of allylic oxidation sites excluding steroid dienone is 1. The number of aromatic nitrogens is 3. The molecule has 1 saturated heterocycles. The summed E-state index contributed by atoms with van der Waals surface area (Å²) in [7, 11) is 0. The predicted molar refractivity (Wildman–Crippen MR) is 99.6 cm³/mol. The van der Waals surface area contributed by atoms with Crippen molar-refractivity contribution in [3.63, 3.8) is 0 Å².